The maximum absolute atomic E-state index is 12.6. The van der Waals surface area contributed by atoms with E-state index in [9.17, 15) is 19.8 Å². The third-order valence-electron chi connectivity index (χ3n) is 4.93. The number of likely N-dealkylation sites (tertiary alicyclic amines) is 1. The standard InChI is InChI=1S/C17H21NO4/c1-10(19)11-2-4-12(5-3-11)17(22)18-8-13-6-15(20)16(21)7-14(13)9-18/h2-5,13-16,20-21H,6-9H2,1H3/t13-,14+,15-,16-/m0/s1. The second kappa shape index (κ2) is 5.82. The van der Waals surface area contributed by atoms with Gasteiger partial charge in [-0.05, 0) is 43.7 Å². The number of rotatable bonds is 2. The predicted octanol–water partition coefficient (Wildman–Crippen LogP) is 1.09. The molecule has 0 spiro atoms. The van der Waals surface area contributed by atoms with Gasteiger partial charge in [0.1, 0.15) is 0 Å². The van der Waals surface area contributed by atoms with E-state index in [4.69, 9.17) is 0 Å². The topological polar surface area (TPSA) is 77.8 Å². The molecule has 1 aliphatic heterocycles. The molecule has 1 saturated heterocycles. The van der Waals surface area contributed by atoms with Gasteiger partial charge in [0.25, 0.3) is 5.91 Å². The van der Waals surface area contributed by atoms with Crippen molar-refractivity contribution in [3.05, 3.63) is 35.4 Å². The Kier molecular flexibility index (Phi) is 4.02. The summed E-state index contributed by atoms with van der Waals surface area (Å²) < 4.78 is 0. The molecule has 5 nitrogen and oxygen atoms in total. The molecule has 0 radical (unpaired) electrons. The predicted molar refractivity (Wildman–Crippen MR) is 80.6 cm³/mol. The first-order valence-corrected chi connectivity index (χ1v) is 7.72. The Morgan fingerprint density at radius 1 is 0.955 bits per heavy atom. The van der Waals surface area contributed by atoms with Crippen molar-refractivity contribution in [2.75, 3.05) is 13.1 Å². The van der Waals surface area contributed by atoms with Crippen molar-refractivity contribution >= 4 is 11.7 Å². The Balaban J connectivity index is 1.70. The van der Waals surface area contributed by atoms with E-state index in [0.29, 0.717) is 37.1 Å². The molecule has 4 atom stereocenters. The van der Waals surface area contributed by atoms with Crippen LogP contribution >= 0.6 is 0 Å². The van der Waals surface area contributed by atoms with Gasteiger partial charge in [0.2, 0.25) is 0 Å². The Bertz CT molecular complexity index is 565. The lowest BCUT2D eigenvalue weighted by atomic mass is 9.79. The zero-order valence-electron chi connectivity index (χ0n) is 12.6. The van der Waals surface area contributed by atoms with Crippen LogP contribution in [0, 0.1) is 11.8 Å². The molecule has 0 aromatic heterocycles. The van der Waals surface area contributed by atoms with E-state index < -0.39 is 12.2 Å². The number of carbonyl (C=O) groups is 2. The van der Waals surface area contributed by atoms with Crippen LogP contribution in [0.3, 0.4) is 0 Å². The summed E-state index contributed by atoms with van der Waals surface area (Å²) in [6.45, 7) is 2.75. The van der Waals surface area contributed by atoms with Crippen LogP contribution in [-0.2, 0) is 0 Å². The first kappa shape index (κ1) is 15.2. The normalized spacial score (nSPS) is 31.0. The van der Waals surface area contributed by atoms with Crippen LogP contribution in [0.4, 0.5) is 0 Å². The van der Waals surface area contributed by atoms with Crippen molar-refractivity contribution in [1.82, 2.24) is 4.90 Å². The van der Waals surface area contributed by atoms with Gasteiger partial charge in [0.15, 0.2) is 5.78 Å². The smallest absolute Gasteiger partial charge is 0.253 e. The van der Waals surface area contributed by atoms with Gasteiger partial charge in [-0.15, -0.1) is 0 Å². The Hall–Kier alpha value is -1.72. The number of aliphatic hydroxyl groups excluding tert-OH is 2. The molecule has 0 bridgehead atoms. The van der Waals surface area contributed by atoms with Gasteiger partial charge in [0, 0.05) is 24.2 Å². The fourth-order valence-corrected chi connectivity index (χ4v) is 3.60. The molecular formula is C17H21NO4. The maximum Gasteiger partial charge on any atom is 0.253 e. The summed E-state index contributed by atoms with van der Waals surface area (Å²) in [5, 5.41) is 19.5. The molecule has 118 valence electrons. The number of amides is 1. The number of hydrogen-bond acceptors (Lipinski definition) is 4. The van der Waals surface area contributed by atoms with Crippen molar-refractivity contribution in [2.24, 2.45) is 11.8 Å². The van der Waals surface area contributed by atoms with Crippen LogP contribution in [0.5, 0.6) is 0 Å². The van der Waals surface area contributed by atoms with Crippen molar-refractivity contribution in [2.45, 2.75) is 32.0 Å². The van der Waals surface area contributed by atoms with Gasteiger partial charge in [-0.2, -0.15) is 0 Å². The molecule has 1 aliphatic carbocycles. The Labute approximate surface area is 129 Å². The molecular weight excluding hydrogens is 282 g/mol. The lowest BCUT2D eigenvalue weighted by Gasteiger charge is -2.31. The number of fused-ring (bicyclic) bond motifs is 1. The van der Waals surface area contributed by atoms with E-state index in [2.05, 4.69) is 0 Å². The summed E-state index contributed by atoms with van der Waals surface area (Å²) in [7, 11) is 0. The van der Waals surface area contributed by atoms with E-state index in [1.54, 1.807) is 29.2 Å². The van der Waals surface area contributed by atoms with Crippen LogP contribution < -0.4 is 0 Å². The van der Waals surface area contributed by atoms with E-state index in [-0.39, 0.29) is 23.5 Å². The Morgan fingerprint density at radius 3 is 1.86 bits per heavy atom. The highest BCUT2D eigenvalue weighted by molar-refractivity contribution is 5.97. The zero-order valence-corrected chi connectivity index (χ0v) is 12.6. The number of carbonyl (C=O) groups excluding carboxylic acids is 2. The number of benzene rings is 1. The molecule has 0 unspecified atom stereocenters. The highest BCUT2D eigenvalue weighted by Crippen LogP contribution is 2.37. The summed E-state index contributed by atoms with van der Waals surface area (Å²) in [5.74, 6) is 0.459. The second-order valence-corrected chi connectivity index (χ2v) is 6.47. The lowest BCUT2D eigenvalue weighted by Crippen LogP contribution is -2.38. The van der Waals surface area contributed by atoms with Gasteiger partial charge in [-0.1, -0.05) is 12.1 Å². The van der Waals surface area contributed by atoms with E-state index in [1.807, 2.05) is 0 Å². The van der Waals surface area contributed by atoms with Crippen LogP contribution in [0.25, 0.3) is 0 Å². The number of hydrogen-bond donors (Lipinski definition) is 2. The van der Waals surface area contributed by atoms with Gasteiger partial charge in [-0.3, -0.25) is 9.59 Å². The molecule has 1 heterocycles. The summed E-state index contributed by atoms with van der Waals surface area (Å²) in [6.07, 6.45) is -0.241. The average Bonchev–Trinajstić information content (AvgIpc) is 2.90. The van der Waals surface area contributed by atoms with Crippen molar-refractivity contribution in [3.8, 4) is 0 Å². The van der Waals surface area contributed by atoms with E-state index in [0.717, 1.165) is 0 Å². The quantitative estimate of drug-likeness (QED) is 0.802. The molecule has 1 aromatic carbocycles. The van der Waals surface area contributed by atoms with Gasteiger partial charge in [0.05, 0.1) is 12.2 Å². The zero-order chi connectivity index (χ0) is 15.9. The van der Waals surface area contributed by atoms with Crippen molar-refractivity contribution in [3.63, 3.8) is 0 Å². The third-order valence-corrected chi connectivity index (χ3v) is 4.93. The highest BCUT2D eigenvalue weighted by Gasteiger charge is 2.42. The largest absolute Gasteiger partial charge is 0.390 e. The number of ketones is 1. The fourth-order valence-electron chi connectivity index (χ4n) is 3.60. The van der Waals surface area contributed by atoms with Crippen LogP contribution in [0.1, 0.15) is 40.5 Å². The van der Waals surface area contributed by atoms with E-state index >= 15 is 0 Å². The molecule has 5 heteroatoms. The minimum atomic E-state index is -0.675. The minimum Gasteiger partial charge on any atom is -0.390 e. The maximum atomic E-state index is 12.6. The molecule has 2 N–H and O–H groups in total. The fraction of sp³-hybridized carbons (Fsp3) is 0.529. The summed E-state index contributed by atoms with van der Waals surface area (Å²) in [6, 6.07) is 6.72. The molecule has 1 aromatic rings. The van der Waals surface area contributed by atoms with Gasteiger partial charge < -0.3 is 15.1 Å². The van der Waals surface area contributed by atoms with Gasteiger partial charge >= 0.3 is 0 Å². The lowest BCUT2D eigenvalue weighted by molar-refractivity contribution is -0.0372. The van der Waals surface area contributed by atoms with E-state index in [1.165, 1.54) is 6.92 Å². The average molecular weight is 303 g/mol. The summed E-state index contributed by atoms with van der Waals surface area (Å²) >= 11 is 0. The molecule has 1 amide bonds. The molecule has 2 fully saturated rings. The van der Waals surface area contributed by atoms with Crippen molar-refractivity contribution in [1.29, 1.82) is 0 Å². The summed E-state index contributed by atoms with van der Waals surface area (Å²) in [4.78, 5) is 25.6. The Morgan fingerprint density at radius 2 is 1.41 bits per heavy atom. The van der Waals surface area contributed by atoms with Crippen molar-refractivity contribution < 1.29 is 19.8 Å². The molecule has 22 heavy (non-hydrogen) atoms. The molecule has 3 rings (SSSR count). The highest BCUT2D eigenvalue weighted by atomic mass is 16.3. The third kappa shape index (κ3) is 2.78. The van der Waals surface area contributed by atoms with Crippen LogP contribution in [-0.4, -0.2) is 52.1 Å². The number of aliphatic hydroxyl groups is 2. The molecule has 1 saturated carbocycles. The van der Waals surface area contributed by atoms with Crippen LogP contribution in [0.15, 0.2) is 24.3 Å². The minimum absolute atomic E-state index is 0.0193. The first-order valence-electron chi connectivity index (χ1n) is 7.72. The monoisotopic (exact) mass is 303 g/mol. The number of Topliss-reactive ketones (excluding diaryl/α,β-unsaturated/α-hetero) is 1. The number of nitrogens with zero attached hydrogens (tertiary/aromatic N) is 1. The molecule has 2 aliphatic rings. The SMILES string of the molecule is CC(=O)c1ccc(C(=O)N2C[C@H]3C[C@H](O)[C@@H](O)C[C@H]3C2)cc1. The van der Waals surface area contributed by atoms with Crippen LogP contribution in [0.2, 0.25) is 0 Å². The first-order chi connectivity index (χ1) is 10.5. The summed E-state index contributed by atoms with van der Waals surface area (Å²) in [5.41, 5.74) is 1.17. The van der Waals surface area contributed by atoms with Gasteiger partial charge in [-0.25, -0.2) is 0 Å². The second-order valence-electron chi connectivity index (χ2n) is 6.47.